The molecule has 1 heterocycles. The summed E-state index contributed by atoms with van der Waals surface area (Å²) in [4.78, 5) is 10.4. The number of aliphatic carboxylic acids is 1. The van der Waals surface area contributed by atoms with E-state index in [0.717, 1.165) is 57.8 Å². The number of hydrogen-bond donors (Lipinski definition) is 1. The van der Waals surface area contributed by atoms with Crippen LogP contribution in [-0.4, -0.2) is 16.7 Å². The van der Waals surface area contributed by atoms with E-state index in [0.29, 0.717) is 6.42 Å². The molecule has 1 rings (SSSR count). The number of nitrogens with zero attached hydrogens (tertiary/aromatic N) is 2. The van der Waals surface area contributed by atoms with Crippen molar-refractivity contribution in [2.45, 2.75) is 95.6 Å². The number of rotatable bonds is 16. The third-order valence-electron chi connectivity index (χ3n) is 4.41. The van der Waals surface area contributed by atoms with Gasteiger partial charge in [0.15, 0.2) is 5.66 Å². The van der Waals surface area contributed by atoms with Crippen LogP contribution in [0.5, 0.6) is 0 Å². The first-order valence-corrected chi connectivity index (χ1v) is 9.43. The highest BCUT2D eigenvalue weighted by molar-refractivity contribution is 5.66. The van der Waals surface area contributed by atoms with Crippen LogP contribution in [0.2, 0.25) is 0 Å². The van der Waals surface area contributed by atoms with Gasteiger partial charge in [0.25, 0.3) is 0 Å². The summed E-state index contributed by atoms with van der Waals surface area (Å²) >= 11 is 0. The second kappa shape index (κ2) is 12.8. The standard InChI is InChI=1S/C20H32N2O2/c1-2-3-14-17-20(21-22-20)18-15-12-10-8-6-4-5-7-9-11-13-16-19(23)24/h1,6,8H,3-5,7,9-18H2,(H,23,24)/b8-6+. The van der Waals surface area contributed by atoms with Gasteiger partial charge in [-0.05, 0) is 57.8 Å². The Balaban J connectivity index is 1.83. The summed E-state index contributed by atoms with van der Waals surface area (Å²) in [7, 11) is 0. The van der Waals surface area contributed by atoms with Crippen molar-refractivity contribution >= 4 is 5.97 Å². The van der Waals surface area contributed by atoms with Crippen LogP contribution < -0.4 is 0 Å². The average molecular weight is 332 g/mol. The van der Waals surface area contributed by atoms with E-state index in [-0.39, 0.29) is 5.66 Å². The van der Waals surface area contributed by atoms with Crippen LogP contribution in [0.25, 0.3) is 0 Å². The van der Waals surface area contributed by atoms with Gasteiger partial charge in [-0.3, -0.25) is 4.79 Å². The third kappa shape index (κ3) is 11.0. The average Bonchev–Trinajstić information content (AvgIpc) is 3.32. The molecule has 24 heavy (non-hydrogen) atoms. The lowest BCUT2D eigenvalue weighted by Gasteiger charge is -2.08. The largest absolute Gasteiger partial charge is 0.481 e. The Morgan fingerprint density at radius 2 is 1.50 bits per heavy atom. The lowest BCUT2D eigenvalue weighted by atomic mass is 9.99. The molecular formula is C20H32N2O2. The van der Waals surface area contributed by atoms with Crippen LogP contribution in [0, 0.1) is 12.3 Å². The maximum absolute atomic E-state index is 10.4. The minimum absolute atomic E-state index is 0.0683. The molecule has 1 N–H and O–H groups in total. The fourth-order valence-electron chi connectivity index (χ4n) is 2.84. The molecule has 4 nitrogen and oxygen atoms in total. The van der Waals surface area contributed by atoms with Crippen LogP contribution in [0.4, 0.5) is 0 Å². The van der Waals surface area contributed by atoms with Gasteiger partial charge in [0, 0.05) is 12.8 Å². The Morgan fingerprint density at radius 1 is 0.917 bits per heavy atom. The van der Waals surface area contributed by atoms with Crippen LogP contribution >= 0.6 is 0 Å². The van der Waals surface area contributed by atoms with Gasteiger partial charge < -0.3 is 5.11 Å². The van der Waals surface area contributed by atoms with E-state index in [1.807, 2.05) is 0 Å². The minimum Gasteiger partial charge on any atom is -0.481 e. The SMILES string of the molecule is C#CCCCC1(CCCC/C=C/CCCCCCCC(=O)O)N=N1. The Hall–Kier alpha value is -1.63. The zero-order chi connectivity index (χ0) is 17.5. The highest BCUT2D eigenvalue weighted by Gasteiger charge is 2.38. The Kier molecular flexibility index (Phi) is 10.8. The van der Waals surface area contributed by atoms with Crippen LogP contribution in [0.15, 0.2) is 22.4 Å². The monoisotopic (exact) mass is 332 g/mol. The van der Waals surface area contributed by atoms with Crippen molar-refractivity contribution in [1.82, 2.24) is 0 Å². The predicted molar refractivity (Wildman–Crippen MR) is 97.8 cm³/mol. The van der Waals surface area contributed by atoms with Crippen molar-refractivity contribution < 1.29 is 9.90 Å². The second-order valence-electron chi connectivity index (χ2n) is 6.66. The van der Waals surface area contributed by atoms with E-state index in [9.17, 15) is 4.79 Å². The topological polar surface area (TPSA) is 62.0 Å². The first kappa shape index (κ1) is 20.4. The van der Waals surface area contributed by atoms with Gasteiger partial charge in [0.1, 0.15) is 0 Å². The number of carboxylic acids is 1. The molecule has 0 aromatic rings. The zero-order valence-corrected chi connectivity index (χ0v) is 14.9. The lowest BCUT2D eigenvalue weighted by molar-refractivity contribution is -0.137. The number of terminal acetylenes is 1. The molecule has 0 fully saturated rings. The van der Waals surface area contributed by atoms with E-state index in [1.54, 1.807) is 0 Å². The van der Waals surface area contributed by atoms with E-state index in [2.05, 4.69) is 28.3 Å². The maximum atomic E-state index is 10.4. The summed E-state index contributed by atoms with van der Waals surface area (Å²) in [5.41, 5.74) is -0.0683. The van der Waals surface area contributed by atoms with Gasteiger partial charge in [-0.1, -0.05) is 31.4 Å². The van der Waals surface area contributed by atoms with Crippen molar-refractivity contribution in [3.05, 3.63) is 12.2 Å². The highest BCUT2D eigenvalue weighted by Crippen LogP contribution is 2.38. The Morgan fingerprint density at radius 3 is 2.12 bits per heavy atom. The molecule has 134 valence electrons. The molecule has 0 saturated carbocycles. The van der Waals surface area contributed by atoms with Crippen LogP contribution in [0.3, 0.4) is 0 Å². The molecule has 0 aromatic heterocycles. The second-order valence-corrected chi connectivity index (χ2v) is 6.66. The third-order valence-corrected chi connectivity index (χ3v) is 4.41. The van der Waals surface area contributed by atoms with Gasteiger partial charge >= 0.3 is 5.97 Å². The molecule has 0 bridgehead atoms. The summed E-state index contributed by atoms with van der Waals surface area (Å²) in [6, 6.07) is 0. The lowest BCUT2D eigenvalue weighted by Crippen LogP contribution is -2.10. The van der Waals surface area contributed by atoms with E-state index in [1.165, 1.54) is 25.7 Å². The van der Waals surface area contributed by atoms with Gasteiger partial charge in [-0.25, -0.2) is 0 Å². The maximum Gasteiger partial charge on any atom is 0.303 e. The fourth-order valence-corrected chi connectivity index (χ4v) is 2.84. The fraction of sp³-hybridized carbons (Fsp3) is 0.750. The molecule has 0 radical (unpaired) electrons. The number of allylic oxidation sites excluding steroid dienone is 2. The molecule has 1 aliphatic heterocycles. The zero-order valence-electron chi connectivity index (χ0n) is 14.9. The van der Waals surface area contributed by atoms with Crippen LogP contribution in [0.1, 0.15) is 89.9 Å². The number of carbonyl (C=O) groups is 1. The Labute approximate surface area is 146 Å². The van der Waals surface area contributed by atoms with Gasteiger partial charge in [0.05, 0.1) is 0 Å². The first-order valence-electron chi connectivity index (χ1n) is 9.43. The molecular weight excluding hydrogens is 300 g/mol. The molecule has 0 spiro atoms. The molecule has 0 amide bonds. The van der Waals surface area contributed by atoms with Crippen molar-refractivity contribution in [1.29, 1.82) is 0 Å². The highest BCUT2D eigenvalue weighted by atomic mass is 16.4. The minimum atomic E-state index is -0.680. The van der Waals surface area contributed by atoms with Crippen molar-refractivity contribution in [3.8, 4) is 12.3 Å². The van der Waals surface area contributed by atoms with E-state index >= 15 is 0 Å². The predicted octanol–water partition coefficient (Wildman–Crippen LogP) is 5.88. The quantitative estimate of drug-likeness (QED) is 0.218. The normalized spacial score (nSPS) is 14.8. The van der Waals surface area contributed by atoms with E-state index < -0.39 is 5.97 Å². The molecule has 0 unspecified atom stereocenters. The molecule has 1 aliphatic rings. The number of carboxylic acid groups (broad SMARTS) is 1. The molecule has 4 heteroatoms. The Bertz CT molecular complexity index is 443. The molecule has 0 aromatic carbocycles. The molecule has 0 aliphatic carbocycles. The summed E-state index contributed by atoms with van der Waals surface area (Å²) < 4.78 is 0. The number of unbranched alkanes of at least 4 members (excludes halogenated alkanes) is 8. The molecule has 0 atom stereocenters. The summed E-state index contributed by atoms with van der Waals surface area (Å²) in [6.45, 7) is 0. The summed E-state index contributed by atoms with van der Waals surface area (Å²) in [5.74, 6) is 1.99. The van der Waals surface area contributed by atoms with Crippen molar-refractivity contribution in [2.24, 2.45) is 10.2 Å². The summed E-state index contributed by atoms with van der Waals surface area (Å²) in [6.07, 6.45) is 24.2. The first-order chi connectivity index (χ1) is 11.7. The van der Waals surface area contributed by atoms with Crippen molar-refractivity contribution in [3.63, 3.8) is 0 Å². The van der Waals surface area contributed by atoms with E-state index in [4.69, 9.17) is 11.5 Å². The summed E-state index contributed by atoms with van der Waals surface area (Å²) in [5, 5.41) is 17.0. The smallest absolute Gasteiger partial charge is 0.303 e. The van der Waals surface area contributed by atoms with Gasteiger partial charge in [-0.15, -0.1) is 12.3 Å². The van der Waals surface area contributed by atoms with Crippen LogP contribution in [-0.2, 0) is 4.79 Å². The number of hydrogen-bond acceptors (Lipinski definition) is 3. The van der Waals surface area contributed by atoms with Crippen molar-refractivity contribution in [2.75, 3.05) is 0 Å². The van der Waals surface area contributed by atoms with Gasteiger partial charge in [0.2, 0.25) is 0 Å². The molecule has 0 saturated heterocycles. The van der Waals surface area contributed by atoms with Gasteiger partial charge in [-0.2, -0.15) is 10.2 Å².